The molecule has 4 rings (SSSR count). The number of carbonyl (C=O) groups is 1. The van der Waals surface area contributed by atoms with Gasteiger partial charge in [0.05, 0.1) is 25.8 Å². The first-order chi connectivity index (χ1) is 13.6. The second-order valence-electron chi connectivity index (χ2n) is 6.61. The zero-order valence-corrected chi connectivity index (χ0v) is 15.8. The van der Waals surface area contributed by atoms with Crippen molar-refractivity contribution in [2.24, 2.45) is 0 Å². The lowest BCUT2D eigenvalue weighted by molar-refractivity contribution is -0.116. The molecule has 1 N–H and O–H groups in total. The molecule has 0 bridgehead atoms. The van der Waals surface area contributed by atoms with Crippen molar-refractivity contribution in [2.45, 2.75) is 13.3 Å². The summed E-state index contributed by atoms with van der Waals surface area (Å²) in [7, 11) is 1.58. The Morgan fingerprint density at radius 3 is 2.68 bits per heavy atom. The van der Waals surface area contributed by atoms with E-state index in [0.717, 1.165) is 27.7 Å². The topological polar surface area (TPSA) is 60.7 Å². The van der Waals surface area contributed by atoms with E-state index in [1.807, 2.05) is 61.5 Å². The minimum absolute atomic E-state index is 0.151. The van der Waals surface area contributed by atoms with Crippen molar-refractivity contribution in [1.82, 2.24) is 0 Å². The van der Waals surface area contributed by atoms with Crippen LogP contribution in [-0.2, 0) is 4.79 Å². The molecule has 0 fully saturated rings. The highest BCUT2D eigenvalue weighted by atomic mass is 16.5. The van der Waals surface area contributed by atoms with E-state index >= 15 is 0 Å². The first kappa shape index (κ1) is 17.9. The van der Waals surface area contributed by atoms with Crippen LogP contribution in [0.5, 0.6) is 11.5 Å². The molecule has 0 aliphatic heterocycles. The van der Waals surface area contributed by atoms with Crippen LogP contribution in [0.1, 0.15) is 12.0 Å². The van der Waals surface area contributed by atoms with Gasteiger partial charge >= 0.3 is 0 Å². The largest absolute Gasteiger partial charge is 0.495 e. The van der Waals surface area contributed by atoms with Crippen LogP contribution in [0.25, 0.3) is 21.9 Å². The van der Waals surface area contributed by atoms with E-state index in [0.29, 0.717) is 23.6 Å². The van der Waals surface area contributed by atoms with Crippen LogP contribution in [0.3, 0.4) is 0 Å². The van der Waals surface area contributed by atoms with Crippen LogP contribution in [-0.4, -0.2) is 19.6 Å². The minimum atomic E-state index is -0.151. The van der Waals surface area contributed by atoms with Crippen LogP contribution >= 0.6 is 0 Å². The van der Waals surface area contributed by atoms with Gasteiger partial charge in [-0.1, -0.05) is 30.3 Å². The lowest BCUT2D eigenvalue weighted by Gasteiger charge is -2.11. The fourth-order valence-electron chi connectivity index (χ4n) is 3.20. The maximum Gasteiger partial charge on any atom is 0.227 e. The highest BCUT2D eigenvalue weighted by Crippen LogP contribution is 2.36. The summed E-state index contributed by atoms with van der Waals surface area (Å²) in [6.45, 7) is 2.30. The van der Waals surface area contributed by atoms with Crippen molar-refractivity contribution in [3.63, 3.8) is 0 Å². The van der Waals surface area contributed by atoms with E-state index in [1.165, 1.54) is 0 Å². The fraction of sp³-hybridized carbons (Fsp3) is 0.174. The quantitative estimate of drug-likeness (QED) is 0.496. The summed E-state index contributed by atoms with van der Waals surface area (Å²) in [5, 5.41) is 4.86. The van der Waals surface area contributed by atoms with Crippen LogP contribution in [0.15, 0.2) is 65.1 Å². The van der Waals surface area contributed by atoms with Gasteiger partial charge in [-0.3, -0.25) is 4.79 Å². The molecular formula is C23H21NO4. The van der Waals surface area contributed by atoms with Crippen molar-refractivity contribution in [3.8, 4) is 11.5 Å². The van der Waals surface area contributed by atoms with Crippen molar-refractivity contribution < 1.29 is 18.7 Å². The van der Waals surface area contributed by atoms with Gasteiger partial charge in [0.2, 0.25) is 5.91 Å². The van der Waals surface area contributed by atoms with Crippen LogP contribution in [0.2, 0.25) is 0 Å². The molecule has 0 unspecified atom stereocenters. The standard InChI is InChI=1S/C23H21NO4/c1-15-6-5-7-16(12-15)27-11-10-23(25)24-19-14-21-18(13-22(19)26-2)17-8-3-4-9-20(17)28-21/h3-9,12-14H,10-11H2,1-2H3,(H,24,25). The summed E-state index contributed by atoms with van der Waals surface area (Å²) in [6, 6.07) is 19.3. The molecule has 0 saturated carbocycles. The third-order valence-electron chi connectivity index (χ3n) is 4.56. The minimum Gasteiger partial charge on any atom is -0.495 e. The molecule has 0 atom stereocenters. The van der Waals surface area contributed by atoms with E-state index in [4.69, 9.17) is 13.9 Å². The number of methoxy groups -OCH3 is 1. The van der Waals surface area contributed by atoms with E-state index in [9.17, 15) is 4.79 Å². The predicted octanol–water partition coefficient (Wildman–Crippen LogP) is 5.31. The number of hydrogen-bond donors (Lipinski definition) is 1. The van der Waals surface area contributed by atoms with Gasteiger partial charge in [-0.15, -0.1) is 0 Å². The number of aryl methyl sites for hydroxylation is 1. The smallest absolute Gasteiger partial charge is 0.227 e. The first-order valence-corrected chi connectivity index (χ1v) is 9.12. The summed E-state index contributed by atoms with van der Waals surface area (Å²) >= 11 is 0. The molecule has 4 aromatic rings. The van der Waals surface area contributed by atoms with E-state index < -0.39 is 0 Å². The molecule has 3 aromatic carbocycles. The number of benzene rings is 3. The number of para-hydroxylation sites is 1. The van der Waals surface area contributed by atoms with Gasteiger partial charge in [0.25, 0.3) is 0 Å². The normalized spacial score (nSPS) is 10.9. The summed E-state index contributed by atoms with van der Waals surface area (Å²) in [6.07, 6.45) is 0.231. The second kappa shape index (κ2) is 7.64. The number of anilines is 1. The summed E-state index contributed by atoms with van der Waals surface area (Å²) in [4.78, 5) is 12.4. The maximum absolute atomic E-state index is 12.4. The zero-order chi connectivity index (χ0) is 19.5. The van der Waals surface area contributed by atoms with Gasteiger partial charge in [0.15, 0.2) is 0 Å². The van der Waals surface area contributed by atoms with Crippen LogP contribution < -0.4 is 14.8 Å². The monoisotopic (exact) mass is 375 g/mol. The molecule has 0 saturated heterocycles. The third kappa shape index (κ3) is 3.64. The molecule has 5 heteroatoms. The Morgan fingerprint density at radius 1 is 1.00 bits per heavy atom. The fourth-order valence-corrected chi connectivity index (χ4v) is 3.20. The summed E-state index contributed by atoms with van der Waals surface area (Å²) in [5.74, 6) is 1.20. The molecular weight excluding hydrogens is 354 g/mol. The van der Waals surface area contributed by atoms with E-state index in [-0.39, 0.29) is 12.3 Å². The number of furan rings is 1. The van der Waals surface area contributed by atoms with Crippen LogP contribution in [0.4, 0.5) is 5.69 Å². The van der Waals surface area contributed by atoms with E-state index in [1.54, 1.807) is 13.2 Å². The Labute approximate surface area is 162 Å². The molecule has 0 spiro atoms. The molecule has 5 nitrogen and oxygen atoms in total. The van der Waals surface area contributed by atoms with Gasteiger partial charge in [-0.25, -0.2) is 0 Å². The van der Waals surface area contributed by atoms with Crippen molar-refractivity contribution in [1.29, 1.82) is 0 Å². The van der Waals surface area contributed by atoms with Crippen molar-refractivity contribution in [3.05, 3.63) is 66.2 Å². The number of amides is 1. The Morgan fingerprint density at radius 2 is 1.86 bits per heavy atom. The molecule has 1 aromatic heterocycles. The third-order valence-corrected chi connectivity index (χ3v) is 4.56. The highest BCUT2D eigenvalue weighted by molar-refractivity contribution is 6.07. The summed E-state index contributed by atoms with van der Waals surface area (Å²) in [5.41, 5.74) is 3.20. The van der Waals surface area contributed by atoms with Crippen molar-refractivity contribution in [2.75, 3.05) is 19.0 Å². The Bertz CT molecular complexity index is 1150. The van der Waals surface area contributed by atoms with Crippen molar-refractivity contribution >= 4 is 33.5 Å². The second-order valence-corrected chi connectivity index (χ2v) is 6.61. The number of rotatable bonds is 6. The van der Waals surface area contributed by atoms with E-state index in [2.05, 4.69) is 5.32 Å². The number of nitrogens with one attached hydrogen (secondary N) is 1. The number of fused-ring (bicyclic) bond motifs is 3. The van der Waals surface area contributed by atoms with Crippen LogP contribution in [0, 0.1) is 6.92 Å². The first-order valence-electron chi connectivity index (χ1n) is 9.12. The lowest BCUT2D eigenvalue weighted by atomic mass is 10.1. The van der Waals surface area contributed by atoms with Gasteiger partial charge < -0.3 is 19.2 Å². The maximum atomic E-state index is 12.4. The number of hydrogen-bond acceptors (Lipinski definition) is 4. The highest BCUT2D eigenvalue weighted by Gasteiger charge is 2.14. The Kier molecular flexibility index (Phi) is 4.89. The Hall–Kier alpha value is -3.47. The van der Waals surface area contributed by atoms with Gasteiger partial charge in [0.1, 0.15) is 22.7 Å². The predicted molar refractivity (Wildman–Crippen MR) is 110 cm³/mol. The number of ether oxygens (including phenoxy) is 2. The molecule has 1 amide bonds. The van der Waals surface area contributed by atoms with Gasteiger partial charge in [0, 0.05) is 16.8 Å². The molecule has 1 heterocycles. The summed E-state index contributed by atoms with van der Waals surface area (Å²) < 4.78 is 17.0. The molecule has 0 radical (unpaired) electrons. The average Bonchev–Trinajstić information content (AvgIpc) is 3.04. The average molecular weight is 375 g/mol. The molecule has 28 heavy (non-hydrogen) atoms. The zero-order valence-electron chi connectivity index (χ0n) is 15.8. The number of carbonyl (C=O) groups excluding carboxylic acids is 1. The lowest BCUT2D eigenvalue weighted by Crippen LogP contribution is -2.15. The molecule has 142 valence electrons. The Balaban J connectivity index is 1.48. The molecule has 0 aliphatic rings. The van der Waals surface area contributed by atoms with Gasteiger partial charge in [-0.05, 0) is 36.8 Å². The van der Waals surface area contributed by atoms with Gasteiger partial charge in [-0.2, -0.15) is 0 Å². The molecule has 0 aliphatic carbocycles. The SMILES string of the molecule is COc1cc2c(cc1NC(=O)CCOc1cccc(C)c1)oc1ccccc12.